The van der Waals surface area contributed by atoms with E-state index in [1.165, 1.54) is 0 Å². The Labute approximate surface area is 213 Å². The fourth-order valence-electron chi connectivity index (χ4n) is 5.16. The summed E-state index contributed by atoms with van der Waals surface area (Å²) in [6.45, 7) is 8.90. The first-order valence-corrected chi connectivity index (χ1v) is 13.1. The predicted octanol–water partition coefficient (Wildman–Crippen LogP) is 4.27. The first kappa shape index (κ1) is 25.8. The molecular weight excluding hydrogens is 460 g/mol. The Balaban J connectivity index is 0.000000148. The summed E-state index contributed by atoms with van der Waals surface area (Å²) in [4.78, 5) is 0. The molecule has 0 radical (unpaired) electrons. The van der Waals surface area contributed by atoms with Gasteiger partial charge in [-0.1, -0.05) is 81.4 Å². The predicted molar refractivity (Wildman–Crippen MR) is 133 cm³/mol. The van der Waals surface area contributed by atoms with Gasteiger partial charge in [-0.15, -0.1) is 0 Å². The number of aliphatic hydroxyl groups is 1. The summed E-state index contributed by atoms with van der Waals surface area (Å²) in [5.74, 6) is 1.15. The Morgan fingerprint density at radius 3 is 1.61 bits per heavy atom. The highest BCUT2D eigenvalue weighted by Gasteiger charge is 2.44. The maximum absolute atomic E-state index is 10.2. The number of rotatable bonds is 2. The number of hydrogen-bond donors (Lipinski definition) is 1. The lowest BCUT2D eigenvalue weighted by Crippen LogP contribution is -2.55. The van der Waals surface area contributed by atoms with Crippen molar-refractivity contribution in [3.8, 4) is 0 Å². The molecule has 0 amide bonds. The van der Waals surface area contributed by atoms with E-state index in [-0.39, 0.29) is 36.6 Å². The van der Waals surface area contributed by atoms with Crippen LogP contribution in [0, 0.1) is 17.8 Å². The Morgan fingerprint density at radius 2 is 1.06 bits per heavy atom. The normalized spacial score (nSPS) is 40.2. The van der Waals surface area contributed by atoms with E-state index in [1.807, 2.05) is 67.6 Å². The zero-order valence-corrected chi connectivity index (χ0v) is 21.3. The van der Waals surface area contributed by atoms with Crippen molar-refractivity contribution in [2.24, 2.45) is 17.8 Å². The van der Waals surface area contributed by atoms with Gasteiger partial charge in [0.1, 0.15) is 18.3 Å². The molecule has 4 saturated heterocycles. The summed E-state index contributed by atoms with van der Waals surface area (Å²) in [6.07, 6.45) is -1.36. The van der Waals surface area contributed by atoms with Crippen molar-refractivity contribution in [3.05, 3.63) is 71.8 Å². The van der Waals surface area contributed by atoms with Crippen LogP contribution in [0.15, 0.2) is 60.7 Å². The lowest BCUT2D eigenvalue weighted by Gasteiger charge is -2.45. The number of hydrogen-bond acceptors (Lipinski definition) is 7. The van der Waals surface area contributed by atoms with Gasteiger partial charge in [0.15, 0.2) is 12.6 Å². The fourth-order valence-corrected chi connectivity index (χ4v) is 5.16. The number of fused-ring (bicyclic) bond motifs is 2. The molecule has 0 bridgehead atoms. The van der Waals surface area contributed by atoms with E-state index in [2.05, 4.69) is 13.8 Å². The third-order valence-electron chi connectivity index (χ3n) is 7.74. The molecule has 4 aliphatic rings. The van der Waals surface area contributed by atoms with Gasteiger partial charge in [-0.05, 0) is 11.8 Å². The zero-order valence-electron chi connectivity index (χ0n) is 21.3. The van der Waals surface area contributed by atoms with Crippen LogP contribution in [0.5, 0.6) is 0 Å². The minimum atomic E-state index is -0.487. The van der Waals surface area contributed by atoms with Crippen molar-refractivity contribution in [1.82, 2.24) is 0 Å². The summed E-state index contributed by atoms with van der Waals surface area (Å²) < 4.78 is 34.8. The number of aliphatic hydroxyl groups excluding tert-OH is 1. The average molecular weight is 499 g/mol. The quantitative estimate of drug-likeness (QED) is 0.663. The second-order valence-corrected chi connectivity index (χ2v) is 10.4. The largest absolute Gasteiger partial charge is 0.390 e. The van der Waals surface area contributed by atoms with Gasteiger partial charge in [0.05, 0.1) is 38.6 Å². The molecular formula is C29H38O7. The highest BCUT2D eigenvalue weighted by Crippen LogP contribution is 2.36. The Bertz CT molecular complexity index is 860. The molecule has 6 rings (SSSR count). The molecule has 0 saturated carbocycles. The van der Waals surface area contributed by atoms with Crippen LogP contribution in [-0.2, 0) is 28.4 Å². The van der Waals surface area contributed by atoms with Crippen LogP contribution >= 0.6 is 0 Å². The van der Waals surface area contributed by atoms with E-state index < -0.39 is 12.4 Å². The van der Waals surface area contributed by atoms with Crippen LogP contribution in [0.2, 0.25) is 0 Å². The fraction of sp³-hybridized carbons (Fsp3) is 0.586. The summed E-state index contributed by atoms with van der Waals surface area (Å²) >= 11 is 0. The van der Waals surface area contributed by atoms with Crippen molar-refractivity contribution in [3.63, 3.8) is 0 Å². The van der Waals surface area contributed by atoms with Gasteiger partial charge in [0, 0.05) is 17.0 Å². The van der Waals surface area contributed by atoms with Crippen LogP contribution in [0.4, 0.5) is 0 Å². The highest BCUT2D eigenvalue weighted by atomic mass is 16.7. The topological polar surface area (TPSA) is 75.6 Å². The van der Waals surface area contributed by atoms with Gasteiger partial charge in [-0.25, -0.2) is 0 Å². The molecule has 0 aliphatic carbocycles. The van der Waals surface area contributed by atoms with E-state index in [0.29, 0.717) is 31.7 Å². The monoisotopic (exact) mass is 498 g/mol. The highest BCUT2D eigenvalue weighted by molar-refractivity contribution is 5.17. The zero-order chi connectivity index (χ0) is 25.1. The van der Waals surface area contributed by atoms with Crippen LogP contribution in [0.3, 0.4) is 0 Å². The van der Waals surface area contributed by atoms with Gasteiger partial charge in [-0.3, -0.25) is 0 Å². The molecule has 0 spiro atoms. The first-order valence-electron chi connectivity index (χ1n) is 13.1. The molecule has 7 nitrogen and oxygen atoms in total. The van der Waals surface area contributed by atoms with Gasteiger partial charge >= 0.3 is 0 Å². The first-order chi connectivity index (χ1) is 17.5. The number of ether oxygens (including phenoxy) is 6. The third-order valence-corrected chi connectivity index (χ3v) is 7.74. The maximum atomic E-state index is 10.2. The molecule has 6 unspecified atom stereocenters. The Kier molecular flexibility index (Phi) is 8.38. The van der Waals surface area contributed by atoms with E-state index in [1.54, 1.807) is 0 Å². The van der Waals surface area contributed by atoms with Gasteiger partial charge in [0.2, 0.25) is 0 Å². The molecule has 2 aromatic carbocycles. The van der Waals surface area contributed by atoms with Gasteiger partial charge < -0.3 is 33.5 Å². The standard InChI is InChI=1S/C15H20O3.C14H18O4/c1-10-8-16-13-9-17-15(18-14(13)11(10)2)12-6-4-3-5-7-12;1-9-7-16-11-8-17-14(18-13(11)12(9)15)10-5-3-2-4-6-10/h3-7,10-11,13-15H,8-9H2,1-2H3;2-6,9,11-15H,7-8H2,1H3/t10?,11-,13?,14+,15?;9?,11?,12-,13-,14?/m11/s1. The molecule has 1 N–H and O–H groups in total. The van der Waals surface area contributed by atoms with Crippen molar-refractivity contribution < 1.29 is 33.5 Å². The van der Waals surface area contributed by atoms with Gasteiger partial charge in [-0.2, -0.15) is 0 Å². The summed E-state index contributed by atoms with van der Waals surface area (Å²) in [6, 6.07) is 19.9. The molecule has 4 fully saturated rings. The van der Waals surface area contributed by atoms with Gasteiger partial charge in [0.25, 0.3) is 0 Å². The minimum absolute atomic E-state index is 0.0937. The summed E-state index contributed by atoms with van der Waals surface area (Å²) in [7, 11) is 0. The lowest BCUT2D eigenvalue weighted by molar-refractivity contribution is -0.307. The minimum Gasteiger partial charge on any atom is -0.390 e. The molecule has 7 heteroatoms. The van der Waals surface area contributed by atoms with E-state index >= 15 is 0 Å². The van der Waals surface area contributed by atoms with E-state index in [9.17, 15) is 5.11 Å². The molecule has 36 heavy (non-hydrogen) atoms. The molecule has 2 aromatic rings. The van der Waals surface area contributed by atoms with E-state index in [0.717, 1.165) is 17.7 Å². The summed E-state index contributed by atoms with van der Waals surface area (Å²) in [5, 5.41) is 10.2. The molecule has 0 aromatic heterocycles. The van der Waals surface area contributed by atoms with E-state index in [4.69, 9.17) is 28.4 Å². The van der Waals surface area contributed by atoms with Crippen LogP contribution < -0.4 is 0 Å². The summed E-state index contributed by atoms with van der Waals surface area (Å²) in [5.41, 5.74) is 2.06. The van der Waals surface area contributed by atoms with Crippen LogP contribution in [0.1, 0.15) is 44.5 Å². The van der Waals surface area contributed by atoms with Crippen LogP contribution in [0.25, 0.3) is 0 Å². The molecule has 4 aliphatic heterocycles. The third kappa shape index (κ3) is 5.68. The van der Waals surface area contributed by atoms with Crippen LogP contribution in [-0.4, -0.2) is 62.1 Å². The molecule has 4 heterocycles. The number of benzene rings is 2. The molecule has 10 atom stereocenters. The maximum Gasteiger partial charge on any atom is 0.184 e. The average Bonchev–Trinajstić information content (AvgIpc) is 2.94. The molecule has 196 valence electrons. The smallest absolute Gasteiger partial charge is 0.184 e. The Morgan fingerprint density at radius 1 is 0.583 bits per heavy atom. The second-order valence-electron chi connectivity index (χ2n) is 10.4. The second kappa shape index (κ2) is 11.7. The SMILES string of the molecule is CC1COC2COC(c3ccccc3)O[C@H]2[C@@H]1C.CC1COC2COC(c3ccccc3)O[C@H]2[C@@H]1O. The van der Waals surface area contributed by atoms with Crippen molar-refractivity contribution in [1.29, 1.82) is 0 Å². The van der Waals surface area contributed by atoms with Crippen molar-refractivity contribution in [2.45, 2.75) is 63.9 Å². The lowest BCUT2D eigenvalue weighted by atomic mass is 9.85. The Hall–Kier alpha value is -1.84. The van der Waals surface area contributed by atoms with Crippen molar-refractivity contribution in [2.75, 3.05) is 26.4 Å². The van der Waals surface area contributed by atoms with Crippen molar-refractivity contribution >= 4 is 0 Å².